The Morgan fingerprint density at radius 3 is 3.12 bits per heavy atom. The summed E-state index contributed by atoms with van der Waals surface area (Å²) in [6.07, 6.45) is 3.04. The Labute approximate surface area is 55.6 Å². The molecule has 0 aromatic carbocycles. The van der Waals surface area contributed by atoms with Gasteiger partial charge in [-0.05, 0) is 0 Å². The Balaban J connectivity index is 2.62. The van der Waals surface area contributed by atoms with Gasteiger partial charge in [-0.1, -0.05) is 0 Å². The molecule has 0 radical (unpaired) electrons. The van der Waals surface area contributed by atoms with Crippen LogP contribution >= 0.6 is 0 Å². The summed E-state index contributed by atoms with van der Waals surface area (Å²) in [5.74, 6) is 0. The average Bonchev–Trinajstić information content (AvgIpc) is 2.19. The number of hydrogen-bond donors (Lipinski definition) is 0. The molecule has 1 heterocycles. The van der Waals surface area contributed by atoms with E-state index in [-0.39, 0.29) is 0 Å². The van der Waals surface area contributed by atoms with Crippen molar-refractivity contribution in [2.45, 2.75) is 6.42 Å². The van der Waals surface area contributed by atoms with E-state index in [2.05, 4.69) is 23.7 Å². The van der Waals surface area contributed by atoms with Gasteiger partial charge in [0.15, 0.2) is 0 Å². The van der Waals surface area contributed by atoms with E-state index in [1.165, 1.54) is 4.44 Å². The van der Waals surface area contributed by atoms with Crippen LogP contribution in [-0.2, 0) is 6.42 Å². The molecule has 0 fully saturated rings. The van der Waals surface area contributed by atoms with Crippen LogP contribution in [0, 0.1) is 0 Å². The molecular weight excluding hydrogens is 163 g/mol. The molecular formula is C7H8Se. The number of hydrogen-bond acceptors (Lipinski definition) is 0. The van der Waals surface area contributed by atoms with Crippen LogP contribution in [0.3, 0.4) is 0 Å². The van der Waals surface area contributed by atoms with Gasteiger partial charge in [0.25, 0.3) is 0 Å². The molecule has 0 bridgehead atoms. The fraction of sp³-hybridized carbons (Fsp3) is 0.143. The van der Waals surface area contributed by atoms with Gasteiger partial charge >= 0.3 is 55.1 Å². The molecule has 1 aromatic rings. The van der Waals surface area contributed by atoms with Crippen LogP contribution in [0.2, 0.25) is 0 Å². The molecule has 8 heavy (non-hydrogen) atoms. The molecule has 1 heteroatoms. The Kier molecular flexibility index (Phi) is 2.13. The zero-order valence-corrected chi connectivity index (χ0v) is 6.34. The SMILES string of the molecule is C=CCc1ccc[se]1. The molecule has 0 aliphatic rings. The molecule has 0 N–H and O–H groups in total. The van der Waals surface area contributed by atoms with E-state index in [1.54, 1.807) is 0 Å². The van der Waals surface area contributed by atoms with Crippen LogP contribution in [0.5, 0.6) is 0 Å². The second-order valence-corrected chi connectivity index (χ2v) is 3.74. The third-order valence-corrected chi connectivity index (χ3v) is 2.81. The maximum absolute atomic E-state index is 3.67. The van der Waals surface area contributed by atoms with E-state index in [4.69, 9.17) is 0 Å². The second-order valence-electron chi connectivity index (χ2n) is 1.57. The van der Waals surface area contributed by atoms with Crippen LogP contribution < -0.4 is 0 Å². The first-order valence-electron chi connectivity index (χ1n) is 2.57. The summed E-state index contributed by atoms with van der Waals surface area (Å²) in [6, 6.07) is 4.31. The summed E-state index contributed by atoms with van der Waals surface area (Å²) in [5.41, 5.74) is 0. The Hall–Kier alpha value is -0.261. The van der Waals surface area contributed by atoms with Crippen molar-refractivity contribution < 1.29 is 0 Å². The van der Waals surface area contributed by atoms with Crippen molar-refractivity contribution in [3.05, 3.63) is 34.2 Å². The molecule has 42 valence electrons. The number of allylic oxidation sites excluding steroid dienone is 1. The van der Waals surface area contributed by atoms with E-state index >= 15 is 0 Å². The molecule has 0 amide bonds. The summed E-state index contributed by atoms with van der Waals surface area (Å²) in [5, 5.41) is 0. The summed E-state index contributed by atoms with van der Waals surface area (Å²) in [6.45, 7) is 3.67. The molecule has 0 spiro atoms. The Morgan fingerprint density at radius 1 is 1.75 bits per heavy atom. The van der Waals surface area contributed by atoms with E-state index in [1.807, 2.05) is 6.08 Å². The van der Waals surface area contributed by atoms with Gasteiger partial charge in [0.1, 0.15) is 0 Å². The van der Waals surface area contributed by atoms with Crippen LogP contribution in [0.4, 0.5) is 0 Å². The van der Waals surface area contributed by atoms with Crippen molar-refractivity contribution in [3.8, 4) is 0 Å². The fourth-order valence-corrected chi connectivity index (χ4v) is 2.05. The molecule has 0 aliphatic heterocycles. The van der Waals surface area contributed by atoms with Gasteiger partial charge in [-0.2, -0.15) is 0 Å². The van der Waals surface area contributed by atoms with Gasteiger partial charge in [-0.25, -0.2) is 0 Å². The Bertz CT molecular complexity index is 151. The molecule has 0 atom stereocenters. The molecule has 1 rings (SSSR count). The van der Waals surface area contributed by atoms with E-state index in [9.17, 15) is 0 Å². The first-order valence-corrected chi connectivity index (χ1v) is 4.41. The Morgan fingerprint density at radius 2 is 2.62 bits per heavy atom. The average molecular weight is 171 g/mol. The van der Waals surface area contributed by atoms with E-state index in [0.717, 1.165) is 6.42 Å². The van der Waals surface area contributed by atoms with Crippen molar-refractivity contribution >= 4 is 14.5 Å². The molecule has 0 saturated heterocycles. The van der Waals surface area contributed by atoms with Gasteiger partial charge in [-0.3, -0.25) is 0 Å². The first-order chi connectivity index (χ1) is 3.93. The van der Waals surface area contributed by atoms with Crippen molar-refractivity contribution in [3.63, 3.8) is 0 Å². The summed E-state index contributed by atoms with van der Waals surface area (Å²) in [4.78, 5) is 2.23. The van der Waals surface area contributed by atoms with Gasteiger partial charge in [-0.15, -0.1) is 0 Å². The summed E-state index contributed by atoms with van der Waals surface area (Å²) >= 11 is 0.647. The van der Waals surface area contributed by atoms with Gasteiger partial charge in [0.2, 0.25) is 0 Å². The standard InChI is InChI=1S/C7H8Se/c1-2-4-7-5-3-6-8-7/h2-3,5-6H,1,4H2. The minimum atomic E-state index is 0.647. The molecule has 0 aliphatic carbocycles. The zero-order chi connectivity index (χ0) is 5.82. The second kappa shape index (κ2) is 2.91. The fourth-order valence-electron chi connectivity index (χ4n) is 0.571. The quantitative estimate of drug-likeness (QED) is 0.467. The summed E-state index contributed by atoms with van der Waals surface area (Å²) in [7, 11) is 0. The van der Waals surface area contributed by atoms with Gasteiger partial charge in [0, 0.05) is 0 Å². The van der Waals surface area contributed by atoms with Crippen LogP contribution in [0.1, 0.15) is 4.44 Å². The first kappa shape index (κ1) is 5.87. The summed E-state index contributed by atoms with van der Waals surface area (Å²) < 4.78 is 1.53. The van der Waals surface area contributed by atoms with Gasteiger partial charge in [0.05, 0.1) is 0 Å². The zero-order valence-electron chi connectivity index (χ0n) is 4.63. The minimum absolute atomic E-state index is 0.647. The molecule has 0 unspecified atom stereocenters. The van der Waals surface area contributed by atoms with E-state index < -0.39 is 0 Å². The van der Waals surface area contributed by atoms with E-state index in [0.29, 0.717) is 14.5 Å². The molecule has 1 aromatic heterocycles. The van der Waals surface area contributed by atoms with Crippen LogP contribution in [0.15, 0.2) is 29.7 Å². The van der Waals surface area contributed by atoms with Crippen LogP contribution in [-0.4, -0.2) is 14.5 Å². The van der Waals surface area contributed by atoms with Crippen LogP contribution in [0.25, 0.3) is 0 Å². The monoisotopic (exact) mass is 172 g/mol. The third-order valence-electron chi connectivity index (χ3n) is 0.926. The predicted octanol–water partition coefficient (Wildman–Crippen LogP) is 1.47. The number of rotatable bonds is 2. The predicted molar refractivity (Wildman–Crippen MR) is 37.3 cm³/mol. The van der Waals surface area contributed by atoms with Crippen molar-refractivity contribution in [1.29, 1.82) is 0 Å². The van der Waals surface area contributed by atoms with Crippen molar-refractivity contribution in [2.75, 3.05) is 0 Å². The molecule has 0 saturated carbocycles. The van der Waals surface area contributed by atoms with Crippen molar-refractivity contribution in [1.82, 2.24) is 0 Å². The van der Waals surface area contributed by atoms with Gasteiger partial charge < -0.3 is 0 Å². The maximum atomic E-state index is 3.67. The normalized spacial score (nSPS) is 9.00. The third kappa shape index (κ3) is 1.36. The van der Waals surface area contributed by atoms with Crippen molar-refractivity contribution in [2.24, 2.45) is 0 Å². The molecule has 0 nitrogen and oxygen atoms in total. The topological polar surface area (TPSA) is 0 Å².